The van der Waals surface area contributed by atoms with Gasteiger partial charge in [-0.2, -0.15) is 13.2 Å². The van der Waals surface area contributed by atoms with E-state index < -0.39 is 11.7 Å². The number of carbonyl (C=O) groups is 1. The highest BCUT2D eigenvalue weighted by atomic mass is 35.5. The van der Waals surface area contributed by atoms with Crippen molar-refractivity contribution in [1.82, 2.24) is 9.88 Å². The second kappa shape index (κ2) is 9.04. The second-order valence-electron chi connectivity index (χ2n) is 7.85. The first-order chi connectivity index (χ1) is 14.8. The van der Waals surface area contributed by atoms with E-state index >= 15 is 0 Å². The quantitative estimate of drug-likeness (QED) is 0.683. The molecule has 0 aliphatic carbocycles. The Bertz CT molecular complexity index is 923. The molecule has 4 rings (SSSR count). The van der Waals surface area contributed by atoms with Gasteiger partial charge in [-0.15, -0.1) is 0 Å². The molecule has 2 atom stereocenters. The highest BCUT2D eigenvalue weighted by molar-refractivity contribution is 6.30. The fourth-order valence-corrected chi connectivity index (χ4v) is 4.35. The van der Waals surface area contributed by atoms with Crippen molar-refractivity contribution >= 4 is 23.3 Å². The van der Waals surface area contributed by atoms with Crippen molar-refractivity contribution in [2.45, 2.75) is 25.1 Å². The Hall–Kier alpha value is -2.32. The number of aromatic nitrogens is 1. The standard InChI is InChI=1S/C22H23ClF3N3O2/c23-17-7-5-15(6-8-17)19-14-29(11-12-31-19)21(30)16-3-2-10-28(13-16)20-18(22(24,25)26)4-1-9-27-20/h1,4-9,16,19H,2-3,10-14H2. The van der Waals surface area contributed by atoms with Gasteiger partial charge in [0, 0.05) is 30.9 Å². The number of alkyl halides is 3. The molecule has 1 aromatic heterocycles. The molecule has 9 heteroatoms. The number of piperidine rings is 1. The van der Waals surface area contributed by atoms with Crippen LogP contribution in [0.5, 0.6) is 0 Å². The van der Waals surface area contributed by atoms with Crippen LogP contribution < -0.4 is 4.90 Å². The number of hydrogen-bond acceptors (Lipinski definition) is 4. The summed E-state index contributed by atoms with van der Waals surface area (Å²) in [4.78, 5) is 20.6. The van der Waals surface area contributed by atoms with Gasteiger partial charge in [0.1, 0.15) is 11.9 Å². The molecule has 0 saturated carbocycles. The third kappa shape index (κ3) is 4.96. The number of pyridine rings is 1. The van der Waals surface area contributed by atoms with Gasteiger partial charge in [0.05, 0.1) is 24.6 Å². The first kappa shape index (κ1) is 21.9. The van der Waals surface area contributed by atoms with E-state index in [1.54, 1.807) is 21.9 Å². The van der Waals surface area contributed by atoms with Crippen molar-refractivity contribution < 1.29 is 22.7 Å². The molecule has 1 aromatic carbocycles. The van der Waals surface area contributed by atoms with Crippen LogP contribution in [0.3, 0.4) is 0 Å². The number of halogens is 4. The minimum atomic E-state index is -4.49. The monoisotopic (exact) mass is 453 g/mol. The Balaban J connectivity index is 1.46. The summed E-state index contributed by atoms with van der Waals surface area (Å²) in [7, 11) is 0. The zero-order chi connectivity index (χ0) is 22.0. The smallest absolute Gasteiger partial charge is 0.370 e. The molecule has 2 unspecified atom stereocenters. The van der Waals surface area contributed by atoms with Crippen LogP contribution in [0.4, 0.5) is 19.0 Å². The molecule has 166 valence electrons. The van der Waals surface area contributed by atoms with Crippen molar-refractivity contribution in [3.63, 3.8) is 0 Å². The lowest BCUT2D eigenvalue weighted by atomic mass is 9.95. The highest BCUT2D eigenvalue weighted by Crippen LogP contribution is 2.37. The minimum absolute atomic E-state index is 0.0450. The molecule has 2 saturated heterocycles. The summed E-state index contributed by atoms with van der Waals surface area (Å²) in [5.41, 5.74) is 0.174. The Morgan fingerprint density at radius 1 is 1.13 bits per heavy atom. The van der Waals surface area contributed by atoms with Crippen LogP contribution in [-0.2, 0) is 15.7 Å². The zero-order valence-corrected chi connectivity index (χ0v) is 17.6. The highest BCUT2D eigenvalue weighted by Gasteiger charge is 2.38. The number of carbonyl (C=O) groups excluding carboxylic acids is 1. The van der Waals surface area contributed by atoms with Gasteiger partial charge >= 0.3 is 6.18 Å². The predicted molar refractivity (Wildman–Crippen MR) is 111 cm³/mol. The van der Waals surface area contributed by atoms with E-state index in [1.165, 1.54) is 12.3 Å². The minimum Gasteiger partial charge on any atom is -0.370 e. The molecule has 0 spiro atoms. The normalized spacial score (nSPS) is 22.5. The summed E-state index contributed by atoms with van der Waals surface area (Å²) >= 11 is 5.95. The first-order valence-electron chi connectivity index (χ1n) is 10.3. The summed E-state index contributed by atoms with van der Waals surface area (Å²) in [6, 6.07) is 9.64. The van der Waals surface area contributed by atoms with E-state index in [4.69, 9.17) is 16.3 Å². The van der Waals surface area contributed by atoms with Crippen LogP contribution in [0.25, 0.3) is 0 Å². The number of nitrogens with zero attached hydrogens (tertiary/aromatic N) is 3. The van der Waals surface area contributed by atoms with Gasteiger partial charge in [-0.25, -0.2) is 4.98 Å². The number of ether oxygens (including phenoxy) is 1. The fourth-order valence-electron chi connectivity index (χ4n) is 4.23. The van der Waals surface area contributed by atoms with E-state index in [1.807, 2.05) is 12.1 Å². The molecule has 2 aliphatic rings. The number of anilines is 1. The lowest BCUT2D eigenvalue weighted by molar-refractivity contribution is -0.143. The molecule has 2 aromatic rings. The van der Waals surface area contributed by atoms with Crippen molar-refractivity contribution in [2.75, 3.05) is 37.7 Å². The summed E-state index contributed by atoms with van der Waals surface area (Å²) in [6.45, 7) is 1.96. The third-order valence-electron chi connectivity index (χ3n) is 5.78. The summed E-state index contributed by atoms with van der Waals surface area (Å²) in [6.07, 6.45) is -2.10. The molecule has 5 nitrogen and oxygen atoms in total. The van der Waals surface area contributed by atoms with Gasteiger partial charge in [0.2, 0.25) is 5.91 Å². The van der Waals surface area contributed by atoms with Crippen molar-refractivity contribution in [2.24, 2.45) is 5.92 Å². The topological polar surface area (TPSA) is 45.7 Å². The molecule has 31 heavy (non-hydrogen) atoms. The number of rotatable bonds is 3. The van der Waals surface area contributed by atoms with Crippen LogP contribution in [0.2, 0.25) is 5.02 Å². The summed E-state index contributed by atoms with van der Waals surface area (Å²) < 4.78 is 46.1. The number of amides is 1. The second-order valence-corrected chi connectivity index (χ2v) is 8.29. The predicted octanol–water partition coefficient (Wildman–Crippen LogP) is 4.57. The maximum absolute atomic E-state index is 13.4. The lowest BCUT2D eigenvalue weighted by Gasteiger charge is -2.39. The molecule has 1 amide bonds. The van der Waals surface area contributed by atoms with Gasteiger partial charge in [0.15, 0.2) is 0 Å². The van der Waals surface area contributed by atoms with Crippen molar-refractivity contribution in [1.29, 1.82) is 0 Å². The maximum Gasteiger partial charge on any atom is 0.419 e. The van der Waals surface area contributed by atoms with Gasteiger partial charge < -0.3 is 14.5 Å². The van der Waals surface area contributed by atoms with E-state index in [-0.39, 0.29) is 30.3 Å². The Morgan fingerprint density at radius 3 is 2.65 bits per heavy atom. The number of hydrogen-bond donors (Lipinski definition) is 0. The summed E-state index contributed by atoms with van der Waals surface area (Å²) in [5, 5.41) is 0.627. The van der Waals surface area contributed by atoms with Crippen LogP contribution in [-0.4, -0.2) is 48.6 Å². The zero-order valence-electron chi connectivity index (χ0n) is 16.8. The number of benzene rings is 1. The van der Waals surface area contributed by atoms with Gasteiger partial charge in [-0.05, 0) is 42.7 Å². The molecule has 0 N–H and O–H groups in total. The van der Waals surface area contributed by atoms with Crippen LogP contribution in [0.15, 0.2) is 42.6 Å². The van der Waals surface area contributed by atoms with E-state index in [0.717, 1.165) is 11.6 Å². The number of morpholine rings is 1. The summed E-state index contributed by atoms with van der Waals surface area (Å²) in [5.74, 6) is -0.522. The van der Waals surface area contributed by atoms with E-state index in [9.17, 15) is 18.0 Å². The molecule has 2 fully saturated rings. The van der Waals surface area contributed by atoms with Crippen molar-refractivity contribution in [3.05, 3.63) is 58.7 Å². The molecule has 0 radical (unpaired) electrons. The molecular formula is C22H23ClF3N3O2. The van der Waals surface area contributed by atoms with Gasteiger partial charge in [-0.1, -0.05) is 23.7 Å². The lowest BCUT2D eigenvalue weighted by Crippen LogP contribution is -2.49. The van der Waals surface area contributed by atoms with Gasteiger partial charge in [-0.3, -0.25) is 4.79 Å². The van der Waals surface area contributed by atoms with Gasteiger partial charge in [0.25, 0.3) is 0 Å². The average Bonchev–Trinajstić information content (AvgIpc) is 2.79. The average molecular weight is 454 g/mol. The Labute approximate surface area is 183 Å². The molecule has 2 aliphatic heterocycles. The first-order valence-corrected chi connectivity index (χ1v) is 10.6. The molecule has 3 heterocycles. The fraction of sp³-hybridized carbons (Fsp3) is 0.455. The Kier molecular flexibility index (Phi) is 6.39. The largest absolute Gasteiger partial charge is 0.419 e. The van der Waals surface area contributed by atoms with Crippen LogP contribution in [0, 0.1) is 5.92 Å². The maximum atomic E-state index is 13.4. The molecule has 0 bridgehead atoms. The van der Waals surface area contributed by atoms with Crippen molar-refractivity contribution in [3.8, 4) is 0 Å². The molecular weight excluding hydrogens is 431 g/mol. The van der Waals surface area contributed by atoms with E-state index in [2.05, 4.69) is 4.98 Å². The van der Waals surface area contributed by atoms with E-state index in [0.29, 0.717) is 44.1 Å². The Morgan fingerprint density at radius 2 is 1.90 bits per heavy atom. The third-order valence-corrected chi connectivity index (χ3v) is 6.03. The van der Waals surface area contributed by atoms with Crippen LogP contribution >= 0.6 is 11.6 Å². The van der Waals surface area contributed by atoms with Crippen LogP contribution in [0.1, 0.15) is 30.1 Å². The SMILES string of the molecule is O=C(C1CCCN(c2ncccc2C(F)(F)F)C1)N1CCOC(c2ccc(Cl)cc2)C1.